The number of nitrogens with zero attached hydrogens (tertiary/aromatic N) is 1. The van der Waals surface area contributed by atoms with Gasteiger partial charge in [0.2, 0.25) is 0 Å². The van der Waals surface area contributed by atoms with Gasteiger partial charge in [-0.1, -0.05) is 239 Å². The van der Waals surface area contributed by atoms with Crippen molar-refractivity contribution in [2.24, 2.45) is 0 Å². The highest BCUT2D eigenvalue weighted by molar-refractivity contribution is 5.72. The molecule has 0 aliphatic rings. The Bertz CT molecular complexity index is 967. The Labute approximate surface area is 378 Å². The van der Waals surface area contributed by atoms with Gasteiger partial charge in [0.05, 0.1) is 34.4 Å². The lowest BCUT2D eigenvalue weighted by Gasteiger charge is -2.31. The van der Waals surface area contributed by atoms with Crippen LogP contribution < -0.4 is 0 Å². The molecule has 0 aromatic heterocycles. The lowest BCUT2D eigenvalue weighted by molar-refractivity contribution is -0.887. The van der Waals surface area contributed by atoms with Crippen LogP contribution in [0.5, 0.6) is 0 Å². The van der Waals surface area contributed by atoms with Gasteiger partial charge in [-0.15, -0.1) is 0 Å². The van der Waals surface area contributed by atoms with Crippen LogP contribution >= 0.6 is 0 Å². The maximum Gasteiger partial charge on any atom is 0.362 e. The van der Waals surface area contributed by atoms with Crippen LogP contribution in [0.25, 0.3) is 0 Å². The van der Waals surface area contributed by atoms with Crippen molar-refractivity contribution in [3.8, 4) is 0 Å². The Hall–Kier alpha value is -1.67. The third kappa shape index (κ3) is 43.4. The van der Waals surface area contributed by atoms with Crippen LogP contribution in [-0.2, 0) is 28.6 Å². The van der Waals surface area contributed by atoms with Gasteiger partial charge in [0, 0.05) is 19.3 Å². The molecule has 0 aliphatic heterocycles. The maximum atomic E-state index is 12.8. The zero-order valence-electron chi connectivity index (χ0n) is 41.4. The number of rotatable bonds is 49. The van der Waals surface area contributed by atoms with Crippen LogP contribution in [0.2, 0.25) is 0 Å². The van der Waals surface area contributed by atoms with E-state index in [2.05, 4.69) is 13.8 Å². The van der Waals surface area contributed by atoms with Gasteiger partial charge in [0.15, 0.2) is 12.1 Å². The molecule has 362 valence electrons. The van der Waals surface area contributed by atoms with E-state index in [4.69, 9.17) is 14.2 Å². The van der Waals surface area contributed by atoms with E-state index >= 15 is 0 Å². The highest BCUT2D eigenvalue weighted by Crippen LogP contribution is 2.17. The number of likely N-dealkylation sites (N-methyl/N-ethyl adjacent to an activating group) is 1. The third-order valence-electron chi connectivity index (χ3n) is 12.5. The van der Waals surface area contributed by atoms with Crippen molar-refractivity contribution in [1.29, 1.82) is 0 Å². The Balaban J connectivity index is 4.10. The van der Waals surface area contributed by atoms with Crippen molar-refractivity contribution in [3.63, 3.8) is 0 Å². The van der Waals surface area contributed by atoms with Gasteiger partial charge in [-0.05, 0) is 12.8 Å². The average molecular weight is 867 g/mol. The van der Waals surface area contributed by atoms with Crippen molar-refractivity contribution in [2.75, 3.05) is 41.0 Å². The topological polar surface area (TPSA) is 99.1 Å². The molecule has 0 saturated carbocycles. The molecule has 0 fully saturated rings. The number of ether oxygens (including phenoxy) is 3. The number of carbonyl (C=O) groups is 3. The molecule has 2 atom stereocenters. The molecule has 0 heterocycles. The summed E-state index contributed by atoms with van der Waals surface area (Å²) in [6.45, 7) is 4.79. The first kappa shape index (κ1) is 59.3. The Kier molecular flexibility index (Phi) is 43.7. The summed E-state index contributed by atoms with van der Waals surface area (Å²) < 4.78 is 17.4. The number of carboxylic acids is 1. The molecule has 0 bridgehead atoms. The Morgan fingerprint density at radius 3 is 1.02 bits per heavy atom. The van der Waals surface area contributed by atoms with Gasteiger partial charge in [-0.3, -0.25) is 9.59 Å². The molecule has 61 heavy (non-hydrogen) atoms. The van der Waals surface area contributed by atoms with Crippen LogP contribution in [0.1, 0.15) is 271 Å². The van der Waals surface area contributed by atoms with Crippen LogP contribution in [0.4, 0.5) is 0 Å². The number of unbranched alkanes of at least 4 members (excludes halogenated alkanes) is 35. The summed E-state index contributed by atoms with van der Waals surface area (Å²) in [4.78, 5) is 37.1. The molecule has 8 heteroatoms. The van der Waals surface area contributed by atoms with Gasteiger partial charge >= 0.3 is 17.9 Å². The number of aliphatic carboxylic acids is 1. The Morgan fingerprint density at radius 1 is 0.426 bits per heavy atom. The quantitative estimate of drug-likeness (QED) is 0.0369. The highest BCUT2D eigenvalue weighted by atomic mass is 16.6. The number of hydrogen-bond donors (Lipinski definition) is 1. The standard InChI is InChI=1S/C53H103NO7/c1-6-8-10-12-14-16-18-20-21-22-23-24-25-26-27-28-29-30-32-34-36-38-40-42-44-52(56)61-49(47-59-46-45-50(53(57)58)54(3,4)5)48-60-51(55)43-41-39-37-35-33-31-19-17-15-13-11-9-7-2/h49-50H,6-48H2,1-5H3/p+1. The van der Waals surface area contributed by atoms with E-state index in [-0.39, 0.29) is 36.2 Å². The predicted octanol–water partition coefficient (Wildman–Crippen LogP) is 15.3. The summed E-state index contributed by atoms with van der Waals surface area (Å²) in [6, 6.07) is -0.609. The van der Waals surface area contributed by atoms with Crippen LogP contribution in [0, 0.1) is 0 Å². The fraction of sp³-hybridized carbons (Fsp3) is 0.943. The first-order chi connectivity index (χ1) is 29.6. The molecular formula is C53H104NO7+. The summed E-state index contributed by atoms with van der Waals surface area (Å²) in [5, 5.41) is 9.65. The van der Waals surface area contributed by atoms with E-state index in [0.29, 0.717) is 19.3 Å². The number of esters is 2. The first-order valence-corrected chi connectivity index (χ1v) is 26.6. The van der Waals surface area contributed by atoms with Gasteiger partial charge in [0.25, 0.3) is 0 Å². The highest BCUT2D eigenvalue weighted by Gasteiger charge is 2.31. The number of hydrogen-bond acceptors (Lipinski definition) is 6. The fourth-order valence-corrected chi connectivity index (χ4v) is 8.39. The molecule has 0 radical (unpaired) electrons. The van der Waals surface area contributed by atoms with E-state index in [1.165, 1.54) is 199 Å². The largest absolute Gasteiger partial charge is 0.477 e. The predicted molar refractivity (Wildman–Crippen MR) is 257 cm³/mol. The fourth-order valence-electron chi connectivity index (χ4n) is 8.39. The van der Waals surface area contributed by atoms with Crippen molar-refractivity contribution >= 4 is 17.9 Å². The van der Waals surface area contributed by atoms with Crippen molar-refractivity contribution in [3.05, 3.63) is 0 Å². The lowest BCUT2D eigenvalue weighted by atomic mass is 10.0. The van der Waals surface area contributed by atoms with Crippen LogP contribution in [0.3, 0.4) is 0 Å². The zero-order valence-corrected chi connectivity index (χ0v) is 41.4. The van der Waals surface area contributed by atoms with Crippen molar-refractivity contribution < 1.29 is 38.2 Å². The second-order valence-electron chi connectivity index (χ2n) is 19.5. The van der Waals surface area contributed by atoms with E-state index in [0.717, 1.165) is 38.5 Å². The minimum Gasteiger partial charge on any atom is -0.477 e. The van der Waals surface area contributed by atoms with Gasteiger partial charge < -0.3 is 23.8 Å². The molecule has 0 amide bonds. The third-order valence-corrected chi connectivity index (χ3v) is 12.5. The average Bonchev–Trinajstić information content (AvgIpc) is 3.22. The second kappa shape index (κ2) is 44.9. The first-order valence-electron chi connectivity index (χ1n) is 26.6. The molecule has 8 nitrogen and oxygen atoms in total. The molecule has 0 aliphatic carbocycles. The zero-order chi connectivity index (χ0) is 44.9. The minimum atomic E-state index is -0.869. The molecule has 0 aromatic carbocycles. The summed E-state index contributed by atoms with van der Waals surface area (Å²) >= 11 is 0. The normalized spacial score (nSPS) is 12.7. The molecule has 0 spiro atoms. The minimum absolute atomic E-state index is 0.0415. The van der Waals surface area contributed by atoms with Crippen molar-refractivity contribution in [1.82, 2.24) is 0 Å². The number of carboxylic acid groups (broad SMARTS) is 1. The smallest absolute Gasteiger partial charge is 0.362 e. The summed E-state index contributed by atoms with van der Waals surface area (Å²) in [6.07, 6.45) is 48.7. The van der Waals surface area contributed by atoms with Gasteiger partial charge in [-0.25, -0.2) is 4.79 Å². The summed E-state index contributed by atoms with van der Waals surface area (Å²) in [7, 11) is 5.55. The molecule has 0 saturated heterocycles. The number of carbonyl (C=O) groups excluding carboxylic acids is 2. The molecule has 0 aromatic rings. The van der Waals surface area contributed by atoms with E-state index in [9.17, 15) is 19.5 Å². The Morgan fingerprint density at radius 2 is 0.721 bits per heavy atom. The summed E-state index contributed by atoms with van der Waals surface area (Å²) in [5.41, 5.74) is 0. The van der Waals surface area contributed by atoms with Crippen LogP contribution in [0.15, 0.2) is 0 Å². The summed E-state index contributed by atoms with van der Waals surface area (Å²) in [5.74, 6) is -1.44. The van der Waals surface area contributed by atoms with E-state index in [1.807, 2.05) is 21.1 Å². The maximum absolute atomic E-state index is 12.8. The number of quaternary nitrogens is 1. The van der Waals surface area contributed by atoms with Crippen molar-refractivity contribution in [2.45, 2.75) is 283 Å². The molecule has 2 unspecified atom stereocenters. The SMILES string of the molecule is CCCCCCCCCCCCCCCCCCCCCCCCCCC(=O)OC(COCCC(C(=O)O)[N+](C)(C)C)COC(=O)CCCCCCCCCCCCCCC. The molecule has 0 rings (SSSR count). The van der Waals surface area contributed by atoms with Gasteiger partial charge in [0.1, 0.15) is 6.61 Å². The van der Waals surface area contributed by atoms with Crippen LogP contribution in [-0.4, -0.2) is 80.6 Å². The lowest BCUT2D eigenvalue weighted by Crippen LogP contribution is -2.50. The van der Waals surface area contributed by atoms with Gasteiger partial charge in [-0.2, -0.15) is 0 Å². The molecule has 1 N–H and O–H groups in total. The monoisotopic (exact) mass is 867 g/mol. The molecular weight excluding hydrogens is 763 g/mol. The van der Waals surface area contributed by atoms with E-state index < -0.39 is 18.1 Å². The van der Waals surface area contributed by atoms with E-state index in [1.54, 1.807) is 0 Å². The second-order valence-corrected chi connectivity index (χ2v) is 19.5.